The third kappa shape index (κ3) is 6.43. The molecule has 0 unspecified atom stereocenters. The van der Waals surface area contributed by atoms with Crippen LogP contribution >= 0.6 is 0 Å². The molecule has 1 fully saturated rings. The summed E-state index contributed by atoms with van der Waals surface area (Å²) in [6.07, 6.45) is 3.77. The molecule has 0 aliphatic carbocycles. The van der Waals surface area contributed by atoms with Crippen molar-refractivity contribution in [2.24, 2.45) is 0 Å². The molecule has 0 atom stereocenters. The summed E-state index contributed by atoms with van der Waals surface area (Å²) in [5.74, 6) is 0.942. The molecule has 7 nitrogen and oxygen atoms in total. The van der Waals surface area contributed by atoms with Crippen molar-refractivity contribution in [3.8, 4) is 11.6 Å². The number of hydrogen-bond acceptors (Lipinski definition) is 6. The number of aromatic nitrogens is 1. The topological polar surface area (TPSA) is 72.9 Å². The highest BCUT2D eigenvalue weighted by Crippen LogP contribution is 2.17. The van der Waals surface area contributed by atoms with E-state index in [4.69, 9.17) is 14.2 Å². The van der Waals surface area contributed by atoms with Crippen LogP contribution in [-0.2, 0) is 11.3 Å². The molecule has 1 saturated heterocycles. The van der Waals surface area contributed by atoms with Gasteiger partial charge >= 0.3 is 0 Å². The smallest absolute Gasteiger partial charge is 0.257 e. The van der Waals surface area contributed by atoms with Gasteiger partial charge in [-0.2, -0.15) is 0 Å². The molecule has 0 saturated carbocycles. The minimum atomic E-state index is -0.212. The van der Waals surface area contributed by atoms with Crippen LogP contribution in [0, 0.1) is 0 Å². The van der Waals surface area contributed by atoms with Gasteiger partial charge < -0.3 is 19.5 Å². The van der Waals surface area contributed by atoms with Crippen LogP contribution in [-0.4, -0.2) is 61.9 Å². The number of carbonyl (C=O) groups is 1. The Balaban J connectivity index is 1.47. The third-order valence-corrected chi connectivity index (χ3v) is 5.18. The maximum atomic E-state index is 12.5. The molecule has 30 heavy (non-hydrogen) atoms. The van der Waals surface area contributed by atoms with Gasteiger partial charge in [0.2, 0.25) is 5.88 Å². The first-order valence-electron chi connectivity index (χ1n) is 10.5. The van der Waals surface area contributed by atoms with E-state index >= 15 is 0 Å². The molecule has 1 aromatic heterocycles. The quantitative estimate of drug-likeness (QED) is 0.646. The van der Waals surface area contributed by atoms with Gasteiger partial charge in [-0.25, -0.2) is 4.98 Å². The van der Waals surface area contributed by atoms with Crippen molar-refractivity contribution in [1.29, 1.82) is 0 Å². The van der Waals surface area contributed by atoms with Gasteiger partial charge in [-0.1, -0.05) is 12.1 Å². The average molecular weight is 414 g/mol. The third-order valence-electron chi connectivity index (χ3n) is 5.18. The fourth-order valence-electron chi connectivity index (χ4n) is 3.45. The summed E-state index contributed by atoms with van der Waals surface area (Å²) in [5.41, 5.74) is 1.41. The minimum absolute atomic E-state index is 0.212. The highest BCUT2D eigenvalue weighted by Gasteiger charge is 2.18. The summed E-state index contributed by atoms with van der Waals surface area (Å²) in [6, 6.07) is 11.8. The minimum Gasteiger partial charge on any atom is -0.492 e. The number of hydrogen-bond donors (Lipinski definition) is 1. The second-order valence-electron chi connectivity index (χ2n) is 7.29. The largest absolute Gasteiger partial charge is 0.492 e. The van der Waals surface area contributed by atoms with Gasteiger partial charge in [-0.3, -0.25) is 9.69 Å². The predicted molar refractivity (Wildman–Crippen MR) is 115 cm³/mol. The molecule has 0 bridgehead atoms. The van der Waals surface area contributed by atoms with Crippen molar-refractivity contribution in [2.45, 2.75) is 32.4 Å². The highest BCUT2D eigenvalue weighted by atomic mass is 16.5. The lowest BCUT2D eigenvalue weighted by molar-refractivity contribution is 0.0392. The molecule has 3 rings (SSSR count). The van der Waals surface area contributed by atoms with Crippen LogP contribution < -0.4 is 14.8 Å². The van der Waals surface area contributed by atoms with E-state index in [0.717, 1.165) is 43.9 Å². The van der Waals surface area contributed by atoms with Crippen molar-refractivity contribution in [2.75, 3.05) is 40.0 Å². The monoisotopic (exact) mass is 413 g/mol. The zero-order chi connectivity index (χ0) is 21.2. The van der Waals surface area contributed by atoms with Crippen molar-refractivity contribution < 1.29 is 19.0 Å². The summed E-state index contributed by atoms with van der Waals surface area (Å²) in [4.78, 5) is 19.0. The van der Waals surface area contributed by atoms with Crippen LogP contribution in [0.15, 0.2) is 42.6 Å². The number of amides is 1. The number of nitrogens with one attached hydrogen (secondary N) is 1. The molecule has 1 amide bonds. The molecule has 162 valence electrons. The second kappa shape index (κ2) is 11.5. The first kappa shape index (κ1) is 22.1. The normalized spacial score (nSPS) is 14.5. The number of rotatable bonds is 10. The molecule has 2 heterocycles. The Morgan fingerprint density at radius 1 is 1.23 bits per heavy atom. The Morgan fingerprint density at radius 2 is 2.07 bits per heavy atom. The van der Waals surface area contributed by atoms with Crippen LogP contribution in [0.5, 0.6) is 11.6 Å². The highest BCUT2D eigenvalue weighted by molar-refractivity contribution is 5.96. The standard InChI is InChI=1S/C23H31N3O4/c1-3-29-23-21(8-5-11-24-23)22(27)25-17-18-6-4-7-20(16-18)30-15-12-26(2)19-9-13-28-14-10-19/h4-8,11,16,19H,3,9-10,12-15,17H2,1-2H3,(H,25,27). The Bertz CT molecular complexity index is 809. The van der Waals surface area contributed by atoms with Gasteiger partial charge in [0.25, 0.3) is 5.91 Å². The van der Waals surface area contributed by atoms with E-state index in [1.807, 2.05) is 31.2 Å². The van der Waals surface area contributed by atoms with Crippen LogP contribution in [0.3, 0.4) is 0 Å². The van der Waals surface area contributed by atoms with Crippen LogP contribution in [0.4, 0.5) is 0 Å². The van der Waals surface area contributed by atoms with Crippen molar-refractivity contribution in [1.82, 2.24) is 15.2 Å². The second-order valence-corrected chi connectivity index (χ2v) is 7.29. The van der Waals surface area contributed by atoms with Gasteiger partial charge in [0.15, 0.2) is 0 Å². The summed E-state index contributed by atoms with van der Waals surface area (Å²) in [5, 5.41) is 2.92. The fourth-order valence-corrected chi connectivity index (χ4v) is 3.45. The number of likely N-dealkylation sites (N-methyl/N-ethyl adjacent to an activating group) is 1. The lowest BCUT2D eigenvalue weighted by Gasteiger charge is -2.31. The lowest BCUT2D eigenvalue weighted by atomic mass is 10.1. The van der Waals surface area contributed by atoms with E-state index in [1.165, 1.54) is 0 Å². The molecule has 2 aromatic rings. The van der Waals surface area contributed by atoms with Gasteiger partial charge in [-0.05, 0) is 56.6 Å². The number of carbonyl (C=O) groups excluding carboxylic acids is 1. The first-order chi connectivity index (χ1) is 14.7. The van der Waals surface area contributed by atoms with Crippen molar-refractivity contribution >= 4 is 5.91 Å². The van der Waals surface area contributed by atoms with E-state index in [-0.39, 0.29) is 5.91 Å². The van der Waals surface area contributed by atoms with Crippen molar-refractivity contribution in [3.05, 3.63) is 53.7 Å². The summed E-state index contributed by atoms with van der Waals surface area (Å²) < 4.78 is 16.8. The van der Waals surface area contributed by atoms with E-state index < -0.39 is 0 Å². The molecule has 1 aliphatic rings. The van der Waals surface area contributed by atoms with Gasteiger partial charge in [0.05, 0.1) is 6.61 Å². The van der Waals surface area contributed by atoms with Crippen LogP contribution in [0.1, 0.15) is 35.7 Å². The molecular formula is C23H31N3O4. The molecule has 0 radical (unpaired) electrons. The Morgan fingerprint density at radius 3 is 2.87 bits per heavy atom. The van der Waals surface area contributed by atoms with Crippen LogP contribution in [0.2, 0.25) is 0 Å². The van der Waals surface area contributed by atoms with Gasteiger partial charge in [-0.15, -0.1) is 0 Å². The summed E-state index contributed by atoms with van der Waals surface area (Å²) >= 11 is 0. The van der Waals surface area contributed by atoms with Gasteiger partial charge in [0.1, 0.15) is 17.9 Å². The Labute approximate surface area is 178 Å². The summed E-state index contributed by atoms with van der Waals surface area (Å²) in [6.45, 7) is 5.90. The Hall–Kier alpha value is -2.64. The maximum absolute atomic E-state index is 12.5. The fraction of sp³-hybridized carbons (Fsp3) is 0.478. The SMILES string of the molecule is CCOc1ncccc1C(=O)NCc1cccc(OCCN(C)C2CCOCC2)c1. The number of ether oxygens (including phenoxy) is 3. The molecule has 7 heteroatoms. The Kier molecular flexibility index (Phi) is 8.47. The number of nitrogens with zero attached hydrogens (tertiary/aromatic N) is 2. The first-order valence-corrected chi connectivity index (χ1v) is 10.5. The molecule has 1 aromatic carbocycles. The molecule has 1 aliphatic heterocycles. The van der Waals surface area contributed by atoms with Gasteiger partial charge in [0, 0.05) is 38.5 Å². The molecule has 1 N–H and O–H groups in total. The zero-order valence-electron chi connectivity index (χ0n) is 17.8. The van der Waals surface area contributed by atoms with E-state index in [2.05, 4.69) is 22.2 Å². The number of pyridine rings is 1. The number of benzene rings is 1. The zero-order valence-corrected chi connectivity index (χ0v) is 17.8. The molecule has 0 spiro atoms. The molecular weight excluding hydrogens is 382 g/mol. The van der Waals surface area contributed by atoms with Crippen LogP contribution in [0.25, 0.3) is 0 Å². The summed E-state index contributed by atoms with van der Waals surface area (Å²) in [7, 11) is 2.14. The maximum Gasteiger partial charge on any atom is 0.257 e. The van der Waals surface area contributed by atoms with E-state index in [1.54, 1.807) is 18.3 Å². The van der Waals surface area contributed by atoms with E-state index in [9.17, 15) is 4.79 Å². The predicted octanol–water partition coefficient (Wildman–Crippen LogP) is 2.90. The lowest BCUT2D eigenvalue weighted by Crippen LogP contribution is -2.38. The van der Waals surface area contributed by atoms with Crippen molar-refractivity contribution in [3.63, 3.8) is 0 Å². The average Bonchev–Trinajstić information content (AvgIpc) is 2.79. The van der Waals surface area contributed by atoms with E-state index in [0.29, 0.717) is 37.2 Å².